The number of pyridine rings is 1. The molecule has 2 rings (SSSR count). The maximum absolute atomic E-state index is 11.9. The van der Waals surface area contributed by atoms with E-state index in [0.29, 0.717) is 23.1 Å². The predicted octanol–water partition coefficient (Wildman–Crippen LogP) is 2.06. The summed E-state index contributed by atoms with van der Waals surface area (Å²) >= 11 is 0. The quantitative estimate of drug-likeness (QED) is 0.863. The summed E-state index contributed by atoms with van der Waals surface area (Å²) < 4.78 is 4.87. The minimum absolute atomic E-state index is 0.317. The van der Waals surface area contributed by atoms with Gasteiger partial charge in [-0.15, -0.1) is 0 Å². The lowest BCUT2D eigenvalue weighted by Crippen LogP contribution is -2.14. The topological polar surface area (TPSA) is 80.0 Å². The van der Waals surface area contributed by atoms with Crippen molar-refractivity contribution >= 4 is 17.5 Å². The van der Waals surface area contributed by atoms with Crippen LogP contribution >= 0.6 is 0 Å². The second-order valence-corrected chi connectivity index (χ2v) is 3.72. The van der Waals surface area contributed by atoms with E-state index in [2.05, 4.69) is 20.8 Å². The molecule has 0 radical (unpaired) electrons. The van der Waals surface area contributed by atoms with Crippen LogP contribution in [0.2, 0.25) is 0 Å². The van der Waals surface area contributed by atoms with Gasteiger partial charge in [0.1, 0.15) is 17.3 Å². The van der Waals surface area contributed by atoms with Gasteiger partial charge in [0.15, 0.2) is 5.82 Å². The van der Waals surface area contributed by atoms with Gasteiger partial charge in [-0.05, 0) is 26.0 Å². The first kappa shape index (κ1) is 12.1. The van der Waals surface area contributed by atoms with Crippen molar-refractivity contribution in [2.75, 3.05) is 17.2 Å². The standard InChI is InChI=1S/C12H14N4O2/c1-3-13-10-6-4-5-9(14-10)12(17)15-11-7-8(2)18-16-11/h4-7H,3H2,1-2H3,(H,13,14)(H,15,16,17). The monoisotopic (exact) mass is 246 g/mol. The Bertz CT molecular complexity index is 551. The van der Waals surface area contributed by atoms with E-state index < -0.39 is 0 Å². The van der Waals surface area contributed by atoms with E-state index in [1.54, 1.807) is 31.2 Å². The summed E-state index contributed by atoms with van der Waals surface area (Å²) in [6.45, 7) is 4.47. The second kappa shape index (κ2) is 5.31. The van der Waals surface area contributed by atoms with Crippen LogP contribution in [0.3, 0.4) is 0 Å². The number of nitrogens with one attached hydrogen (secondary N) is 2. The van der Waals surface area contributed by atoms with Crippen LogP contribution in [-0.2, 0) is 0 Å². The van der Waals surface area contributed by atoms with Crippen LogP contribution in [0.1, 0.15) is 23.2 Å². The van der Waals surface area contributed by atoms with Crippen molar-refractivity contribution in [1.82, 2.24) is 10.1 Å². The first-order valence-corrected chi connectivity index (χ1v) is 5.64. The van der Waals surface area contributed by atoms with Crippen LogP contribution < -0.4 is 10.6 Å². The summed E-state index contributed by atoms with van der Waals surface area (Å²) in [5.74, 6) is 1.37. The Morgan fingerprint density at radius 3 is 2.89 bits per heavy atom. The zero-order valence-corrected chi connectivity index (χ0v) is 10.2. The molecule has 6 nitrogen and oxygen atoms in total. The van der Waals surface area contributed by atoms with Crippen molar-refractivity contribution in [3.05, 3.63) is 35.7 Å². The molecule has 0 bridgehead atoms. The third-order valence-corrected chi connectivity index (χ3v) is 2.21. The molecule has 0 aliphatic rings. The Morgan fingerprint density at radius 1 is 1.39 bits per heavy atom. The fourth-order valence-corrected chi connectivity index (χ4v) is 1.45. The van der Waals surface area contributed by atoms with Crippen LogP contribution in [0.25, 0.3) is 0 Å². The molecule has 94 valence electrons. The number of carbonyl (C=O) groups is 1. The number of aromatic nitrogens is 2. The Balaban J connectivity index is 2.11. The summed E-state index contributed by atoms with van der Waals surface area (Å²) in [7, 11) is 0. The van der Waals surface area contributed by atoms with E-state index in [-0.39, 0.29) is 5.91 Å². The van der Waals surface area contributed by atoms with Gasteiger partial charge in [0.2, 0.25) is 0 Å². The first-order chi connectivity index (χ1) is 8.69. The molecule has 2 heterocycles. The highest BCUT2D eigenvalue weighted by Gasteiger charge is 2.10. The van der Waals surface area contributed by atoms with E-state index in [1.807, 2.05) is 6.92 Å². The molecule has 2 aromatic heterocycles. The molecule has 2 aromatic rings. The number of hydrogen-bond acceptors (Lipinski definition) is 5. The summed E-state index contributed by atoms with van der Waals surface area (Å²) in [5, 5.41) is 9.35. The molecule has 6 heteroatoms. The highest BCUT2D eigenvalue weighted by Crippen LogP contribution is 2.10. The van der Waals surface area contributed by atoms with E-state index in [0.717, 1.165) is 6.54 Å². The second-order valence-electron chi connectivity index (χ2n) is 3.72. The van der Waals surface area contributed by atoms with E-state index in [4.69, 9.17) is 4.52 Å². The van der Waals surface area contributed by atoms with Crippen LogP contribution in [0.15, 0.2) is 28.8 Å². The van der Waals surface area contributed by atoms with Gasteiger partial charge in [0.25, 0.3) is 5.91 Å². The van der Waals surface area contributed by atoms with Crippen molar-refractivity contribution < 1.29 is 9.32 Å². The minimum Gasteiger partial charge on any atom is -0.370 e. The van der Waals surface area contributed by atoms with Gasteiger partial charge in [-0.1, -0.05) is 11.2 Å². The minimum atomic E-state index is -0.317. The Hall–Kier alpha value is -2.37. The van der Waals surface area contributed by atoms with Crippen LogP contribution in [0.5, 0.6) is 0 Å². The summed E-state index contributed by atoms with van der Waals surface area (Å²) in [6.07, 6.45) is 0. The molecule has 0 saturated carbocycles. The van der Waals surface area contributed by atoms with E-state index >= 15 is 0 Å². The molecule has 1 amide bonds. The number of anilines is 2. The van der Waals surface area contributed by atoms with Crippen molar-refractivity contribution in [2.24, 2.45) is 0 Å². The fourth-order valence-electron chi connectivity index (χ4n) is 1.45. The Labute approximate surface area is 104 Å². The molecular formula is C12H14N4O2. The van der Waals surface area contributed by atoms with Crippen molar-refractivity contribution in [1.29, 1.82) is 0 Å². The molecule has 0 unspecified atom stereocenters. The lowest BCUT2D eigenvalue weighted by Gasteiger charge is -2.04. The summed E-state index contributed by atoms with van der Waals surface area (Å²) in [4.78, 5) is 16.1. The van der Waals surface area contributed by atoms with Crippen LogP contribution in [0.4, 0.5) is 11.6 Å². The molecule has 0 aliphatic heterocycles. The normalized spacial score (nSPS) is 10.1. The predicted molar refractivity (Wildman–Crippen MR) is 67.6 cm³/mol. The van der Waals surface area contributed by atoms with Gasteiger partial charge in [-0.2, -0.15) is 0 Å². The number of nitrogens with zero attached hydrogens (tertiary/aromatic N) is 2. The van der Waals surface area contributed by atoms with Crippen LogP contribution in [0, 0.1) is 6.92 Å². The maximum Gasteiger partial charge on any atom is 0.275 e. The maximum atomic E-state index is 11.9. The van der Waals surface area contributed by atoms with Gasteiger partial charge in [0, 0.05) is 12.6 Å². The molecule has 0 aliphatic carbocycles. The highest BCUT2D eigenvalue weighted by atomic mass is 16.5. The fraction of sp³-hybridized carbons (Fsp3) is 0.250. The zero-order chi connectivity index (χ0) is 13.0. The molecular weight excluding hydrogens is 232 g/mol. The largest absolute Gasteiger partial charge is 0.370 e. The third-order valence-electron chi connectivity index (χ3n) is 2.21. The van der Waals surface area contributed by atoms with E-state index in [9.17, 15) is 4.79 Å². The number of aryl methyl sites for hydroxylation is 1. The Morgan fingerprint density at radius 2 is 2.22 bits per heavy atom. The summed E-state index contributed by atoms with van der Waals surface area (Å²) in [5.41, 5.74) is 0.328. The SMILES string of the molecule is CCNc1cccc(C(=O)Nc2cc(C)on2)n1. The average Bonchev–Trinajstić information content (AvgIpc) is 2.75. The third kappa shape index (κ3) is 2.85. The molecule has 0 aromatic carbocycles. The van der Waals surface area contributed by atoms with E-state index in [1.165, 1.54) is 0 Å². The first-order valence-electron chi connectivity index (χ1n) is 5.64. The number of amides is 1. The lowest BCUT2D eigenvalue weighted by atomic mass is 10.3. The smallest absolute Gasteiger partial charge is 0.275 e. The van der Waals surface area contributed by atoms with Gasteiger partial charge in [0.05, 0.1) is 0 Å². The number of hydrogen-bond donors (Lipinski definition) is 2. The molecule has 0 spiro atoms. The molecule has 0 atom stereocenters. The Kier molecular flexibility index (Phi) is 3.57. The van der Waals surface area contributed by atoms with Gasteiger partial charge < -0.3 is 15.2 Å². The number of rotatable bonds is 4. The van der Waals surface area contributed by atoms with Crippen molar-refractivity contribution in [2.45, 2.75) is 13.8 Å². The van der Waals surface area contributed by atoms with Crippen LogP contribution in [-0.4, -0.2) is 22.6 Å². The molecule has 0 fully saturated rings. The van der Waals surface area contributed by atoms with Gasteiger partial charge in [-0.3, -0.25) is 4.79 Å². The highest BCUT2D eigenvalue weighted by molar-refractivity contribution is 6.02. The molecule has 18 heavy (non-hydrogen) atoms. The van der Waals surface area contributed by atoms with Crippen molar-refractivity contribution in [3.63, 3.8) is 0 Å². The van der Waals surface area contributed by atoms with Crippen molar-refractivity contribution in [3.8, 4) is 0 Å². The van der Waals surface area contributed by atoms with Gasteiger partial charge in [-0.25, -0.2) is 4.98 Å². The molecule has 0 saturated heterocycles. The van der Waals surface area contributed by atoms with Gasteiger partial charge >= 0.3 is 0 Å². The lowest BCUT2D eigenvalue weighted by molar-refractivity contribution is 0.102. The summed E-state index contributed by atoms with van der Waals surface area (Å²) in [6, 6.07) is 6.86. The number of carbonyl (C=O) groups excluding carboxylic acids is 1. The molecule has 2 N–H and O–H groups in total. The average molecular weight is 246 g/mol. The zero-order valence-electron chi connectivity index (χ0n) is 10.2.